The van der Waals surface area contributed by atoms with Gasteiger partial charge in [0.1, 0.15) is 5.75 Å². The summed E-state index contributed by atoms with van der Waals surface area (Å²) < 4.78 is 5.65. The lowest BCUT2D eigenvalue weighted by molar-refractivity contribution is 0.315. The quantitative estimate of drug-likeness (QED) is 0.860. The molecule has 1 aromatic carbocycles. The average Bonchev–Trinajstić information content (AvgIpc) is 3.39. The molecule has 0 bridgehead atoms. The van der Waals surface area contributed by atoms with Crippen LogP contribution >= 0.6 is 0 Å². The third-order valence-electron chi connectivity index (χ3n) is 5.78. The number of nitrogens with one attached hydrogen (secondary N) is 1. The number of ether oxygens (including phenoxy) is 1. The van der Waals surface area contributed by atoms with Crippen molar-refractivity contribution in [1.82, 2.24) is 15.3 Å². The Hall–Kier alpha value is -2.14. The molecule has 2 aromatic rings. The van der Waals surface area contributed by atoms with E-state index in [4.69, 9.17) is 9.72 Å². The van der Waals surface area contributed by atoms with Crippen molar-refractivity contribution >= 4 is 5.95 Å². The zero-order chi connectivity index (χ0) is 17.8. The van der Waals surface area contributed by atoms with Gasteiger partial charge in [-0.05, 0) is 37.8 Å². The molecule has 2 fully saturated rings. The minimum Gasteiger partial charge on any atom is -0.496 e. The Kier molecular flexibility index (Phi) is 5.07. The molecule has 2 heterocycles. The molecule has 138 valence electrons. The van der Waals surface area contributed by atoms with Crippen molar-refractivity contribution in [2.24, 2.45) is 0 Å². The topological polar surface area (TPSA) is 50.3 Å². The molecule has 0 atom stereocenters. The molecule has 1 saturated heterocycles. The van der Waals surface area contributed by atoms with E-state index in [0.29, 0.717) is 0 Å². The monoisotopic (exact) mass is 352 g/mol. The maximum atomic E-state index is 5.65. The van der Waals surface area contributed by atoms with Crippen LogP contribution in [0.4, 0.5) is 5.95 Å². The Balaban J connectivity index is 1.54. The molecular formula is C21H28N4O. The van der Waals surface area contributed by atoms with Crippen molar-refractivity contribution in [1.29, 1.82) is 0 Å². The second-order valence-electron chi connectivity index (χ2n) is 7.39. The van der Waals surface area contributed by atoms with Gasteiger partial charge in [-0.3, -0.25) is 0 Å². The lowest BCUT2D eigenvalue weighted by Crippen LogP contribution is -2.40. The van der Waals surface area contributed by atoms with Gasteiger partial charge in [0.15, 0.2) is 0 Å². The molecule has 4 rings (SSSR count). The van der Waals surface area contributed by atoms with E-state index in [0.717, 1.165) is 49.9 Å². The van der Waals surface area contributed by atoms with E-state index in [1.807, 2.05) is 18.3 Å². The van der Waals surface area contributed by atoms with E-state index in [1.54, 1.807) is 7.11 Å². The molecule has 1 aliphatic carbocycles. The van der Waals surface area contributed by atoms with Gasteiger partial charge in [-0.25, -0.2) is 9.97 Å². The van der Waals surface area contributed by atoms with Crippen molar-refractivity contribution in [3.8, 4) is 5.75 Å². The molecule has 5 nitrogen and oxygen atoms in total. The summed E-state index contributed by atoms with van der Waals surface area (Å²) in [6.07, 6.45) is 9.13. The van der Waals surface area contributed by atoms with Crippen molar-refractivity contribution in [2.45, 2.75) is 50.6 Å². The Morgan fingerprint density at radius 2 is 1.85 bits per heavy atom. The molecule has 5 heteroatoms. The lowest BCUT2D eigenvalue weighted by Gasteiger charge is -2.32. The van der Waals surface area contributed by atoms with Crippen LogP contribution in [0.1, 0.15) is 49.8 Å². The van der Waals surface area contributed by atoms with E-state index >= 15 is 0 Å². The van der Waals surface area contributed by atoms with Crippen molar-refractivity contribution in [3.05, 3.63) is 47.8 Å². The molecule has 0 radical (unpaired) electrons. The smallest absolute Gasteiger partial charge is 0.225 e. The summed E-state index contributed by atoms with van der Waals surface area (Å²) >= 11 is 0. The number of aromatic nitrogens is 2. The van der Waals surface area contributed by atoms with Crippen molar-refractivity contribution < 1.29 is 4.74 Å². The maximum absolute atomic E-state index is 5.65. The van der Waals surface area contributed by atoms with Gasteiger partial charge in [-0.2, -0.15) is 0 Å². The Labute approximate surface area is 155 Å². The highest BCUT2D eigenvalue weighted by atomic mass is 16.5. The minimum atomic E-state index is -0.0225. The first-order valence-electron chi connectivity index (χ1n) is 9.76. The van der Waals surface area contributed by atoms with Crippen LogP contribution in [0.3, 0.4) is 0 Å². The predicted octanol–water partition coefficient (Wildman–Crippen LogP) is 3.64. The van der Waals surface area contributed by atoms with Gasteiger partial charge in [0, 0.05) is 36.9 Å². The number of hydrogen-bond acceptors (Lipinski definition) is 5. The zero-order valence-corrected chi connectivity index (χ0v) is 15.6. The minimum absolute atomic E-state index is 0.0225. The van der Waals surface area contributed by atoms with Gasteiger partial charge < -0.3 is 15.0 Å². The zero-order valence-electron chi connectivity index (χ0n) is 15.6. The largest absolute Gasteiger partial charge is 0.496 e. The Morgan fingerprint density at radius 1 is 1.08 bits per heavy atom. The number of methoxy groups -OCH3 is 1. The summed E-state index contributed by atoms with van der Waals surface area (Å²) in [4.78, 5) is 11.6. The summed E-state index contributed by atoms with van der Waals surface area (Å²) in [5, 5.41) is 3.83. The fourth-order valence-electron chi connectivity index (χ4n) is 4.37. The van der Waals surface area contributed by atoms with Crippen molar-refractivity contribution in [2.75, 3.05) is 25.1 Å². The molecule has 0 spiro atoms. The molecule has 0 amide bonds. The average molecular weight is 352 g/mol. The summed E-state index contributed by atoms with van der Waals surface area (Å²) in [5.41, 5.74) is 2.31. The second-order valence-corrected chi connectivity index (χ2v) is 7.39. The normalized spacial score (nSPS) is 19.0. The molecule has 1 saturated carbocycles. The Bertz CT molecular complexity index is 736. The SMILES string of the molecule is COc1ccccc1C1(NCc2ccnc(N3CCCC3)n2)CCCC1. The summed E-state index contributed by atoms with van der Waals surface area (Å²) in [5.74, 6) is 1.85. The van der Waals surface area contributed by atoms with Gasteiger partial charge >= 0.3 is 0 Å². The van der Waals surface area contributed by atoms with Crippen molar-refractivity contribution in [3.63, 3.8) is 0 Å². The molecule has 1 N–H and O–H groups in total. The third-order valence-corrected chi connectivity index (χ3v) is 5.78. The van der Waals surface area contributed by atoms with Crippen LogP contribution in [0, 0.1) is 0 Å². The van der Waals surface area contributed by atoms with Crippen LogP contribution in [-0.2, 0) is 12.1 Å². The second kappa shape index (κ2) is 7.62. The highest BCUT2D eigenvalue weighted by Crippen LogP contribution is 2.42. The molecule has 2 aliphatic rings. The van der Waals surface area contributed by atoms with Crippen LogP contribution in [-0.4, -0.2) is 30.2 Å². The molecule has 26 heavy (non-hydrogen) atoms. The van der Waals surface area contributed by atoms with Gasteiger partial charge in [-0.15, -0.1) is 0 Å². The number of anilines is 1. The molecule has 1 aromatic heterocycles. The third kappa shape index (κ3) is 3.40. The number of benzene rings is 1. The van der Waals surface area contributed by atoms with Crippen LogP contribution in [0.25, 0.3) is 0 Å². The van der Waals surface area contributed by atoms with Crippen LogP contribution < -0.4 is 15.0 Å². The van der Waals surface area contributed by atoms with Gasteiger partial charge in [0.25, 0.3) is 0 Å². The van der Waals surface area contributed by atoms with Gasteiger partial charge in [0.2, 0.25) is 5.95 Å². The standard InChI is InChI=1S/C21H28N4O/c1-26-19-9-3-2-8-18(19)21(11-4-5-12-21)23-16-17-10-13-22-20(24-17)25-14-6-7-15-25/h2-3,8-10,13,23H,4-7,11-12,14-16H2,1H3. The highest BCUT2D eigenvalue weighted by Gasteiger charge is 2.37. The Morgan fingerprint density at radius 3 is 2.62 bits per heavy atom. The maximum Gasteiger partial charge on any atom is 0.225 e. The number of nitrogens with zero attached hydrogens (tertiary/aromatic N) is 3. The predicted molar refractivity (Wildman–Crippen MR) is 103 cm³/mol. The molecule has 0 unspecified atom stereocenters. The van der Waals surface area contributed by atoms with E-state index in [2.05, 4.69) is 33.4 Å². The first kappa shape index (κ1) is 17.3. The fourth-order valence-corrected chi connectivity index (χ4v) is 4.37. The first-order chi connectivity index (χ1) is 12.8. The molecule has 1 aliphatic heterocycles. The summed E-state index contributed by atoms with van der Waals surface area (Å²) in [6.45, 7) is 2.89. The number of rotatable bonds is 6. The first-order valence-corrected chi connectivity index (χ1v) is 9.76. The van der Waals surface area contributed by atoms with Gasteiger partial charge in [-0.1, -0.05) is 31.0 Å². The van der Waals surface area contributed by atoms with Crippen LogP contribution in [0.15, 0.2) is 36.5 Å². The fraction of sp³-hybridized carbons (Fsp3) is 0.524. The number of hydrogen-bond donors (Lipinski definition) is 1. The highest BCUT2D eigenvalue weighted by molar-refractivity contribution is 5.40. The van der Waals surface area contributed by atoms with E-state index in [-0.39, 0.29) is 5.54 Å². The summed E-state index contributed by atoms with van der Waals surface area (Å²) in [6, 6.07) is 10.4. The van der Waals surface area contributed by atoms with Gasteiger partial charge in [0.05, 0.1) is 12.8 Å². The van der Waals surface area contributed by atoms with E-state index in [1.165, 1.54) is 31.2 Å². The molecular weight excluding hydrogens is 324 g/mol. The van der Waals surface area contributed by atoms with Crippen LogP contribution in [0.5, 0.6) is 5.75 Å². The lowest BCUT2D eigenvalue weighted by atomic mass is 9.87. The van der Waals surface area contributed by atoms with E-state index in [9.17, 15) is 0 Å². The summed E-state index contributed by atoms with van der Waals surface area (Å²) in [7, 11) is 1.76. The van der Waals surface area contributed by atoms with E-state index < -0.39 is 0 Å². The number of para-hydroxylation sites is 1. The van der Waals surface area contributed by atoms with Crippen LogP contribution in [0.2, 0.25) is 0 Å².